The van der Waals surface area contributed by atoms with E-state index in [1.807, 2.05) is 55.4 Å². The van der Waals surface area contributed by atoms with Gasteiger partial charge in [-0.2, -0.15) is 5.06 Å². The molecule has 2 amide bonds. The summed E-state index contributed by atoms with van der Waals surface area (Å²) < 4.78 is 6.08. The zero-order chi connectivity index (χ0) is 38.9. The number of fused-ring (bicyclic) bond motifs is 2. The van der Waals surface area contributed by atoms with Crippen LogP contribution in [-0.2, 0) is 16.2 Å². The number of ether oxygens (including phenoxy) is 1. The Bertz CT molecular complexity index is 1630. The fourth-order valence-electron chi connectivity index (χ4n) is 9.90. The lowest BCUT2D eigenvalue weighted by molar-refractivity contribution is -0.183. The predicted octanol–water partition coefficient (Wildman–Crippen LogP) is 3.67. The SMILES string of the molecule is COc1c(CN2O[C@@H](CO)[C@H]([C@H](C)O)C2C(=O)N[C@H]2C[C@H]3C[C@@H]([C@@H]2C)C3(C)C)cccc1-c1cc(C(=O)N[C@@H](CCO)CN2CCCC2)cc(N(C)C)c1. The van der Waals surface area contributed by atoms with Crippen molar-refractivity contribution in [2.45, 2.75) is 96.7 Å². The van der Waals surface area contributed by atoms with Crippen molar-refractivity contribution in [3.8, 4) is 16.9 Å². The van der Waals surface area contributed by atoms with Crippen molar-refractivity contribution >= 4 is 17.5 Å². The first-order chi connectivity index (χ1) is 25.8. The molecule has 298 valence electrons. The third-order valence-corrected chi connectivity index (χ3v) is 13.2. The topological polar surface area (TPSA) is 147 Å². The van der Waals surface area contributed by atoms with E-state index in [1.54, 1.807) is 19.1 Å². The lowest BCUT2D eigenvalue weighted by atomic mass is 9.45. The Morgan fingerprint density at radius 1 is 1.11 bits per heavy atom. The number of carbonyl (C=O) groups excluding carboxylic acids is 2. The highest BCUT2D eigenvalue weighted by atomic mass is 16.7. The molecular formula is C42H63N5O7. The number of nitrogens with one attached hydrogen (secondary N) is 2. The molecule has 7 rings (SSSR count). The van der Waals surface area contributed by atoms with Crippen molar-refractivity contribution < 1.29 is 34.5 Å². The summed E-state index contributed by atoms with van der Waals surface area (Å²) in [7, 11) is 5.46. The van der Waals surface area contributed by atoms with Gasteiger partial charge in [-0.1, -0.05) is 39.0 Å². The maximum Gasteiger partial charge on any atom is 0.251 e. The van der Waals surface area contributed by atoms with E-state index in [9.17, 15) is 24.9 Å². The minimum absolute atomic E-state index is 0.00892. The van der Waals surface area contributed by atoms with Crippen LogP contribution in [0.3, 0.4) is 0 Å². The summed E-state index contributed by atoms with van der Waals surface area (Å²) in [5.41, 5.74) is 3.91. The monoisotopic (exact) mass is 749 g/mol. The van der Waals surface area contributed by atoms with Crippen LogP contribution in [0.1, 0.15) is 75.7 Å². The number of likely N-dealkylation sites (tertiary alicyclic amines) is 1. The van der Waals surface area contributed by atoms with Gasteiger partial charge in [0.2, 0.25) is 5.91 Å². The van der Waals surface area contributed by atoms with Gasteiger partial charge in [-0.25, -0.2) is 0 Å². The second-order valence-electron chi connectivity index (χ2n) is 17.1. The molecule has 2 aromatic carbocycles. The summed E-state index contributed by atoms with van der Waals surface area (Å²) in [6.45, 7) is 11.1. The van der Waals surface area contributed by atoms with Crippen LogP contribution >= 0.6 is 0 Å². The lowest BCUT2D eigenvalue weighted by Gasteiger charge is -2.62. The van der Waals surface area contributed by atoms with Crippen molar-refractivity contribution in [3.63, 3.8) is 0 Å². The van der Waals surface area contributed by atoms with Crippen LogP contribution in [0.5, 0.6) is 5.75 Å². The van der Waals surface area contributed by atoms with Crippen LogP contribution in [0.2, 0.25) is 0 Å². The molecule has 2 aliphatic heterocycles. The molecule has 5 fully saturated rings. The summed E-state index contributed by atoms with van der Waals surface area (Å²) >= 11 is 0. The van der Waals surface area contributed by atoms with Crippen molar-refractivity contribution in [1.82, 2.24) is 20.6 Å². The van der Waals surface area contributed by atoms with E-state index in [0.717, 1.165) is 54.7 Å². The molecule has 2 heterocycles. The van der Waals surface area contributed by atoms with Gasteiger partial charge < -0.3 is 40.5 Å². The van der Waals surface area contributed by atoms with E-state index < -0.39 is 24.2 Å². The number of amides is 2. The quantitative estimate of drug-likeness (QED) is 0.183. The Hall–Kier alpha value is -3.26. The fraction of sp³-hybridized carbons (Fsp3) is 0.667. The van der Waals surface area contributed by atoms with E-state index in [0.29, 0.717) is 42.0 Å². The van der Waals surface area contributed by atoms with E-state index >= 15 is 0 Å². The van der Waals surface area contributed by atoms with E-state index in [-0.39, 0.29) is 49.1 Å². The summed E-state index contributed by atoms with van der Waals surface area (Å²) in [5.74, 6) is 0.957. The zero-order valence-corrected chi connectivity index (χ0v) is 33.3. The van der Waals surface area contributed by atoms with Crippen molar-refractivity contribution in [3.05, 3.63) is 47.5 Å². The van der Waals surface area contributed by atoms with Gasteiger partial charge in [0.1, 0.15) is 17.9 Å². The Kier molecular flexibility index (Phi) is 12.6. The standard InChI is InChI=1S/C42H63N5O7/c1-25-34-20-30(42(34,3)4)21-35(25)44-41(52)38-37(26(2)50)36(24-49)54-47(38)22-27-11-10-12-33(39(27)53-7)28-17-29(19-32(18-28)45(5)6)40(51)43-31(13-16-48)23-46-14-8-9-15-46/h10-12,17-19,25-26,30-31,34-38,48-50H,8-9,13-16,20-24H2,1-7H3,(H,43,51)(H,44,52)/t25-,26-,30+,31-,34-,35-,36-,37-,38?/m0/s1. The average molecular weight is 750 g/mol. The summed E-state index contributed by atoms with van der Waals surface area (Å²) in [6, 6.07) is 10.5. The number of methoxy groups -OCH3 is 1. The minimum atomic E-state index is -0.905. The molecule has 2 bridgehead atoms. The Morgan fingerprint density at radius 3 is 2.46 bits per heavy atom. The van der Waals surface area contributed by atoms with E-state index in [2.05, 4.69) is 36.3 Å². The number of hydroxylamine groups is 2. The number of para-hydroxylation sites is 1. The molecule has 0 spiro atoms. The maximum absolute atomic E-state index is 14.3. The van der Waals surface area contributed by atoms with Gasteiger partial charge >= 0.3 is 0 Å². The normalized spacial score (nSPS) is 29.0. The lowest BCUT2D eigenvalue weighted by Crippen LogP contribution is -2.62. The van der Waals surface area contributed by atoms with Crippen LogP contribution in [-0.4, -0.2) is 121 Å². The number of rotatable bonds is 15. The maximum atomic E-state index is 14.3. The van der Waals surface area contributed by atoms with Gasteiger partial charge in [0, 0.05) is 67.6 Å². The van der Waals surface area contributed by atoms with Gasteiger partial charge in [-0.3, -0.25) is 14.4 Å². The third-order valence-electron chi connectivity index (χ3n) is 13.2. The molecule has 12 nitrogen and oxygen atoms in total. The first-order valence-electron chi connectivity index (χ1n) is 19.9. The van der Waals surface area contributed by atoms with Crippen LogP contribution < -0.4 is 20.3 Å². The van der Waals surface area contributed by atoms with E-state index in [1.165, 1.54) is 6.42 Å². The van der Waals surface area contributed by atoms with Crippen LogP contribution in [0, 0.1) is 29.1 Å². The van der Waals surface area contributed by atoms with Gasteiger partial charge in [0.15, 0.2) is 0 Å². The number of hydrogen-bond acceptors (Lipinski definition) is 10. The van der Waals surface area contributed by atoms with Gasteiger partial charge in [-0.05, 0) is 99.0 Å². The second-order valence-corrected chi connectivity index (χ2v) is 17.1. The van der Waals surface area contributed by atoms with Crippen molar-refractivity contribution in [2.24, 2.45) is 29.1 Å². The molecule has 3 saturated carbocycles. The Balaban J connectivity index is 1.27. The van der Waals surface area contributed by atoms with Crippen LogP contribution in [0.15, 0.2) is 36.4 Å². The largest absolute Gasteiger partial charge is 0.496 e. The average Bonchev–Trinajstić information content (AvgIpc) is 3.79. The van der Waals surface area contributed by atoms with Crippen LogP contribution in [0.25, 0.3) is 11.1 Å². The molecule has 0 aromatic heterocycles. The Morgan fingerprint density at radius 2 is 1.85 bits per heavy atom. The van der Waals surface area contributed by atoms with E-state index in [4.69, 9.17) is 9.57 Å². The molecule has 12 heteroatoms. The van der Waals surface area contributed by atoms with Gasteiger partial charge in [-0.15, -0.1) is 0 Å². The Labute approximate surface area is 321 Å². The highest BCUT2D eigenvalue weighted by Crippen LogP contribution is 2.61. The number of carbonyl (C=O) groups is 2. The van der Waals surface area contributed by atoms with Crippen LogP contribution in [0.4, 0.5) is 5.69 Å². The number of anilines is 1. The molecule has 1 unspecified atom stereocenters. The molecule has 2 aromatic rings. The molecule has 5 N–H and O–H groups in total. The number of nitrogens with zero attached hydrogens (tertiary/aromatic N) is 3. The fourth-order valence-corrected chi connectivity index (χ4v) is 9.90. The zero-order valence-electron chi connectivity index (χ0n) is 33.3. The summed E-state index contributed by atoms with van der Waals surface area (Å²) in [5, 5.41) is 39.2. The summed E-state index contributed by atoms with van der Waals surface area (Å²) in [6.07, 6.45) is 3.23. The smallest absolute Gasteiger partial charge is 0.251 e. The highest BCUT2D eigenvalue weighted by molar-refractivity contribution is 5.97. The van der Waals surface area contributed by atoms with Crippen molar-refractivity contribution in [1.29, 1.82) is 0 Å². The number of aliphatic hydroxyl groups is 3. The molecule has 2 saturated heterocycles. The number of benzene rings is 2. The molecule has 9 atom stereocenters. The molecule has 5 aliphatic rings. The highest BCUT2D eigenvalue weighted by Gasteiger charge is 2.57. The first kappa shape index (κ1) is 40.4. The molecule has 54 heavy (non-hydrogen) atoms. The minimum Gasteiger partial charge on any atom is -0.496 e. The molecule has 0 radical (unpaired) electrons. The van der Waals surface area contributed by atoms with Gasteiger partial charge in [0.05, 0.1) is 26.4 Å². The summed E-state index contributed by atoms with van der Waals surface area (Å²) in [4.78, 5) is 38.6. The second kappa shape index (κ2) is 16.9. The number of aliphatic hydroxyl groups excluding tert-OH is 3. The molecule has 3 aliphatic carbocycles. The number of hydrogen-bond donors (Lipinski definition) is 5. The first-order valence-corrected chi connectivity index (χ1v) is 19.9. The third kappa shape index (κ3) is 8.15. The predicted molar refractivity (Wildman–Crippen MR) is 209 cm³/mol. The van der Waals surface area contributed by atoms with Crippen molar-refractivity contribution in [2.75, 3.05) is 59.0 Å². The molecular weight excluding hydrogens is 686 g/mol. The van der Waals surface area contributed by atoms with Gasteiger partial charge in [0.25, 0.3) is 5.91 Å².